The van der Waals surface area contributed by atoms with Crippen LogP contribution in [0, 0.1) is 0 Å². The maximum atomic E-state index is 11.3. The molecular weight excluding hydrogens is 192 g/mol. The number of primary amides is 1. The van der Waals surface area contributed by atoms with Gasteiger partial charge in [0.15, 0.2) is 9.84 Å². The maximum absolute atomic E-state index is 11.3. The van der Waals surface area contributed by atoms with E-state index in [0.29, 0.717) is 0 Å². The van der Waals surface area contributed by atoms with Crippen LogP contribution >= 0.6 is 0 Å². The Hall–Kier alpha value is -0.620. The second-order valence-corrected chi connectivity index (χ2v) is 5.42. The lowest BCUT2D eigenvalue weighted by Gasteiger charge is -2.08. The highest BCUT2D eigenvalue weighted by Gasteiger charge is 2.23. The number of sulfone groups is 1. The highest BCUT2D eigenvalue weighted by atomic mass is 32.2. The van der Waals surface area contributed by atoms with Crippen molar-refractivity contribution in [3.8, 4) is 0 Å². The Labute approximate surface area is 77.6 Å². The van der Waals surface area contributed by atoms with Gasteiger partial charge < -0.3 is 11.1 Å². The molecule has 0 aromatic heterocycles. The molecule has 1 unspecified atom stereocenters. The van der Waals surface area contributed by atoms with Gasteiger partial charge in [-0.2, -0.15) is 0 Å². The molecule has 0 aromatic carbocycles. The predicted octanol–water partition coefficient (Wildman–Crippen LogP) is -1.36. The lowest BCUT2D eigenvalue weighted by Crippen LogP contribution is -2.34. The van der Waals surface area contributed by atoms with Crippen LogP contribution in [0.25, 0.3) is 0 Å². The normalized spacial score (nSPS) is 23.2. The van der Waals surface area contributed by atoms with E-state index >= 15 is 0 Å². The highest BCUT2D eigenvalue weighted by molar-refractivity contribution is 7.92. The molecule has 1 aliphatic heterocycles. The number of rotatable bonds is 4. The Bertz CT molecular complexity index is 280. The first-order chi connectivity index (χ1) is 5.99. The first-order valence-corrected chi connectivity index (χ1v) is 6.04. The molecule has 13 heavy (non-hydrogen) atoms. The van der Waals surface area contributed by atoms with Crippen LogP contribution in [0.15, 0.2) is 0 Å². The molecule has 0 spiro atoms. The second-order valence-electron chi connectivity index (χ2n) is 3.31. The highest BCUT2D eigenvalue weighted by Crippen LogP contribution is 2.07. The molecule has 1 fully saturated rings. The molecule has 1 saturated heterocycles. The first-order valence-electron chi connectivity index (χ1n) is 4.22. The zero-order chi connectivity index (χ0) is 9.90. The van der Waals surface area contributed by atoms with E-state index in [1.54, 1.807) is 0 Å². The van der Waals surface area contributed by atoms with Crippen molar-refractivity contribution < 1.29 is 13.2 Å². The average molecular weight is 206 g/mol. The van der Waals surface area contributed by atoms with Crippen molar-refractivity contribution in [1.29, 1.82) is 0 Å². The smallest absolute Gasteiger partial charge is 0.232 e. The molecule has 1 heterocycles. The fourth-order valence-electron chi connectivity index (χ4n) is 1.48. The van der Waals surface area contributed by atoms with Crippen molar-refractivity contribution in [1.82, 2.24) is 5.32 Å². The van der Waals surface area contributed by atoms with Gasteiger partial charge in [0.05, 0.1) is 5.75 Å². The molecule has 3 N–H and O–H groups in total. The van der Waals surface area contributed by atoms with Gasteiger partial charge in [-0.05, 0) is 19.4 Å². The van der Waals surface area contributed by atoms with E-state index in [1.165, 1.54) is 0 Å². The van der Waals surface area contributed by atoms with E-state index in [4.69, 9.17) is 5.73 Å². The SMILES string of the molecule is NC(=O)CS(=O)(=O)CC1CCCN1. The summed E-state index contributed by atoms with van der Waals surface area (Å²) in [6.45, 7) is 0.858. The largest absolute Gasteiger partial charge is 0.369 e. The zero-order valence-electron chi connectivity index (χ0n) is 7.32. The number of amides is 1. The van der Waals surface area contributed by atoms with Gasteiger partial charge in [-0.25, -0.2) is 8.42 Å². The Morgan fingerprint density at radius 3 is 2.69 bits per heavy atom. The Balaban J connectivity index is 2.46. The van der Waals surface area contributed by atoms with Gasteiger partial charge in [0.25, 0.3) is 0 Å². The molecule has 1 aliphatic rings. The molecule has 1 amide bonds. The third kappa shape index (κ3) is 3.73. The van der Waals surface area contributed by atoms with Gasteiger partial charge in [-0.3, -0.25) is 4.79 Å². The van der Waals surface area contributed by atoms with Crippen molar-refractivity contribution in [2.45, 2.75) is 18.9 Å². The van der Waals surface area contributed by atoms with Gasteiger partial charge in [-0.1, -0.05) is 0 Å². The van der Waals surface area contributed by atoms with Gasteiger partial charge in [0.2, 0.25) is 5.91 Å². The van der Waals surface area contributed by atoms with Crippen molar-refractivity contribution in [2.24, 2.45) is 5.73 Å². The molecule has 0 radical (unpaired) electrons. The standard InChI is InChI=1S/C7H14N2O3S/c8-7(10)5-13(11,12)4-6-2-1-3-9-6/h6,9H,1-5H2,(H2,8,10). The van der Waals surface area contributed by atoms with Crippen LogP contribution in [0.4, 0.5) is 0 Å². The van der Waals surface area contributed by atoms with Crippen LogP contribution in [0.1, 0.15) is 12.8 Å². The van der Waals surface area contributed by atoms with Crippen LogP contribution in [0.5, 0.6) is 0 Å². The first kappa shape index (κ1) is 10.5. The van der Waals surface area contributed by atoms with Gasteiger partial charge >= 0.3 is 0 Å². The molecule has 0 aromatic rings. The average Bonchev–Trinajstić information content (AvgIpc) is 2.34. The minimum absolute atomic E-state index is 0.00403. The molecule has 5 nitrogen and oxygen atoms in total. The number of nitrogens with one attached hydrogen (secondary N) is 1. The summed E-state index contributed by atoms with van der Waals surface area (Å²) >= 11 is 0. The summed E-state index contributed by atoms with van der Waals surface area (Å²) in [6.07, 6.45) is 1.86. The minimum atomic E-state index is -3.30. The van der Waals surface area contributed by atoms with E-state index < -0.39 is 21.5 Å². The Kier molecular flexibility index (Phi) is 3.27. The summed E-state index contributed by atoms with van der Waals surface area (Å²) in [4.78, 5) is 10.4. The van der Waals surface area contributed by atoms with Gasteiger partial charge in [0.1, 0.15) is 5.75 Å². The molecule has 1 rings (SSSR count). The number of hydrogen-bond donors (Lipinski definition) is 2. The molecule has 6 heteroatoms. The summed E-state index contributed by atoms with van der Waals surface area (Å²) < 4.78 is 22.5. The zero-order valence-corrected chi connectivity index (χ0v) is 8.14. The fraction of sp³-hybridized carbons (Fsp3) is 0.857. The maximum Gasteiger partial charge on any atom is 0.232 e. The van der Waals surface area contributed by atoms with Crippen molar-refractivity contribution in [2.75, 3.05) is 18.1 Å². The van der Waals surface area contributed by atoms with E-state index in [-0.39, 0.29) is 11.8 Å². The van der Waals surface area contributed by atoms with Crippen LogP contribution in [-0.2, 0) is 14.6 Å². The second kappa shape index (κ2) is 4.06. The predicted molar refractivity (Wildman–Crippen MR) is 48.9 cm³/mol. The molecule has 0 saturated carbocycles. The summed E-state index contributed by atoms with van der Waals surface area (Å²) in [6, 6.07) is 0.00403. The molecule has 0 bridgehead atoms. The van der Waals surface area contributed by atoms with E-state index in [2.05, 4.69) is 5.32 Å². The minimum Gasteiger partial charge on any atom is -0.369 e. The van der Waals surface area contributed by atoms with Crippen molar-refractivity contribution in [3.05, 3.63) is 0 Å². The third-order valence-electron chi connectivity index (χ3n) is 1.98. The lowest BCUT2D eigenvalue weighted by molar-refractivity contribution is -0.115. The Morgan fingerprint density at radius 2 is 2.23 bits per heavy atom. The molecule has 0 aliphatic carbocycles. The van der Waals surface area contributed by atoms with Gasteiger partial charge in [0, 0.05) is 6.04 Å². The lowest BCUT2D eigenvalue weighted by atomic mass is 10.3. The topological polar surface area (TPSA) is 89.3 Å². The monoisotopic (exact) mass is 206 g/mol. The molecule has 76 valence electrons. The number of hydrogen-bond acceptors (Lipinski definition) is 4. The molecule has 1 atom stereocenters. The van der Waals surface area contributed by atoms with Crippen LogP contribution < -0.4 is 11.1 Å². The summed E-state index contributed by atoms with van der Waals surface area (Å²) in [5.74, 6) is -1.29. The van der Waals surface area contributed by atoms with Crippen LogP contribution in [0.3, 0.4) is 0 Å². The summed E-state index contributed by atoms with van der Waals surface area (Å²) in [7, 11) is -3.30. The van der Waals surface area contributed by atoms with Crippen molar-refractivity contribution in [3.63, 3.8) is 0 Å². The van der Waals surface area contributed by atoms with E-state index in [0.717, 1.165) is 19.4 Å². The van der Waals surface area contributed by atoms with Crippen LogP contribution in [0.2, 0.25) is 0 Å². The molecular formula is C7H14N2O3S. The fourth-order valence-corrected chi connectivity index (χ4v) is 2.93. The number of nitrogens with two attached hydrogens (primary N) is 1. The number of carbonyl (C=O) groups excluding carboxylic acids is 1. The Morgan fingerprint density at radius 1 is 1.54 bits per heavy atom. The number of carbonyl (C=O) groups is 1. The van der Waals surface area contributed by atoms with Crippen molar-refractivity contribution >= 4 is 15.7 Å². The summed E-state index contributed by atoms with van der Waals surface area (Å²) in [5, 5.41) is 3.05. The van der Waals surface area contributed by atoms with Gasteiger partial charge in [-0.15, -0.1) is 0 Å². The third-order valence-corrected chi connectivity index (χ3v) is 3.61. The van der Waals surface area contributed by atoms with E-state index in [9.17, 15) is 13.2 Å². The summed E-state index contributed by atoms with van der Waals surface area (Å²) in [5.41, 5.74) is 4.81. The van der Waals surface area contributed by atoms with E-state index in [1.807, 2.05) is 0 Å². The quantitative estimate of drug-likeness (QED) is 0.594. The van der Waals surface area contributed by atoms with Crippen LogP contribution in [-0.4, -0.2) is 38.4 Å².